The van der Waals surface area contributed by atoms with E-state index >= 15 is 0 Å². The van der Waals surface area contributed by atoms with Gasteiger partial charge in [0.1, 0.15) is 6.73 Å². The van der Waals surface area contributed by atoms with E-state index in [1.165, 1.54) is 0 Å². The molecule has 0 aromatic carbocycles. The number of carbonyl (C=O) groups excluding carboxylic acids is 1. The van der Waals surface area contributed by atoms with Crippen molar-refractivity contribution >= 4 is 5.91 Å². The minimum absolute atomic E-state index is 0.206. The van der Waals surface area contributed by atoms with Crippen LogP contribution in [0, 0.1) is 23.7 Å². The van der Waals surface area contributed by atoms with Crippen LogP contribution in [0.1, 0.15) is 6.42 Å². The normalized spacial score (nSPS) is 45.5. The molecule has 1 amide bonds. The smallest absolute Gasteiger partial charge is 0.228 e. The first-order valence-corrected chi connectivity index (χ1v) is 5.28. The van der Waals surface area contributed by atoms with E-state index in [0.717, 1.165) is 13.0 Å². The number of carbonyl (C=O) groups is 1. The van der Waals surface area contributed by atoms with Crippen molar-refractivity contribution in [2.24, 2.45) is 23.7 Å². The molecule has 0 N–H and O–H groups in total. The van der Waals surface area contributed by atoms with E-state index in [2.05, 4.69) is 12.2 Å². The Morgan fingerprint density at radius 3 is 3.07 bits per heavy atom. The number of allylic oxidation sites excluding steroid dienone is 2. The molecule has 3 rings (SSSR count). The van der Waals surface area contributed by atoms with Crippen LogP contribution < -0.4 is 0 Å². The second-order valence-corrected chi connectivity index (χ2v) is 4.67. The Hall–Kier alpha value is -0.830. The minimum atomic E-state index is 0.206. The Morgan fingerprint density at radius 2 is 2.21 bits per heavy atom. The fourth-order valence-corrected chi connectivity index (χ4v) is 3.16. The van der Waals surface area contributed by atoms with E-state index in [0.29, 0.717) is 24.5 Å². The predicted octanol–water partition coefficient (Wildman–Crippen LogP) is 0.871. The van der Waals surface area contributed by atoms with Crippen LogP contribution in [0.15, 0.2) is 12.2 Å². The zero-order valence-corrected chi connectivity index (χ0v) is 8.35. The van der Waals surface area contributed by atoms with Crippen molar-refractivity contribution in [2.75, 3.05) is 20.4 Å². The quantitative estimate of drug-likeness (QED) is 0.534. The summed E-state index contributed by atoms with van der Waals surface area (Å²) in [6, 6.07) is 0. The largest absolute Gasteiger partial charge is 0.361 e. The van der Waals surface area contributed by atoms with Gasteiger partial charge in [-0.2, -0.15) is 0 Å². The van der Waals surface area contributed by atoms with Crippen LogP contribution in [0.2, 0.25) is 0 Å². The van der Waals surface area contributed by atoms with Gasteiger partial charge in [0.05, 0.1) is 12.5 Å². The van der Waals surface area contributed by atoms with Gasteiger partial charge in [0.15, 0.2) is 0 Å². The highest BCUT2D eigenvalue weighted by Crippen LogP contribution is 2.49. The third-order valence-electron chi connectivity index (χ3n) is 3.88. The van der Waals surface area contributed by atoms with Gasteiger partial charge in [-0.05, 0) is 18.3 Å². The number of amides is 1. The number of rotatable bonds is 0. The van der Waals surface area contributed by atoms with Crippen LogP contribution in [0.25, 0.3) is 0 Å². The molecular formula is C11H15NO2. The standard InChI is InChI=1S/C11H15NO2/c1-12-6-14-5-9-7-2-3-8(4-7)10(9)11(12)13/h2-3,7-10H,4-6H2,1H3. The highest BCUT2D eigenvalue weighted by Gasteiger charge is 2.49. The van der Waals surface area contributed by atoms with Crippen LogP contribution in [0.5, 0.6) is 0 Å². The first-order chi connectivity index (χ1) is 6.77. The zero-order chi connectivity index (χ0) is 9.71. The van der Waals surface area contributed by atoms with Gasteiger partial charge in [0.2, 0.25) is 5.91 Å². The molecule has 4 unspecified atom stereocenters. The predicted molar refractivity (Wildman–Crippen MR) is 51.3 cm³/mol. The summed E-state index contributed by atoms with van der Waals surface area (Å²) in [6.07, 6.45) is 5.66. The van der Waals surface area contributed by atoms with Crippen LogP contribution in [0.4, 0.5) is 0 Å². The number of ether oxygens (including phenoxy) is 1. The number of fused-ring (bicyclic) bond motifs is 5. The van der Waals surface area contributed by atoms with Crippen molar-refractivity contribution in [2.45, 2.75) is 6.42 Å². The van der Waals surface area contributed by atoms with E-state index < -0.39 is 0 Å². The zero-order valence-electron chi connectivity index (χ0n) is 8.35. The maximum atomic E-state index is 12.0. The molecule has 2 bridgehead atoms. The lowest BCUT2D eigenvalue weighted by atomic mass is 9.83. The molecule has 76 valence electrons. The van der Waals surface area contributed by atoms with E-state index in [-0.39, 0.29) is 11.8 Å². The molecule has 0 aromatic heterocycles. The third kappa shape index (κ3) is 0.989. The summed E-state index contributed by atoms with van der Waals surface area (Å²) in [5.74, 6) is 2.02. The van der Waals surface area contributed by atoms with Gasteiger partial charge < -0.3 is 9.64 Å². The summed E-state index contributed by atoms with van der Waals surface area (Å²) >= 11 is 0. The molecule has 3 aliphatic rings. The summed E-state index contributed by atoms with van der Waals surface area (Å²) in [7, 11) is 1.83. The van der Waals surface area contributed by atoms with Gasteiger partial charge in [-0.1, -0.05) is 12.2 Å². The molecule has 3 heteroatoms. The van der Waals surface area contributed by atoms with Gasteiger partial charge in [-0.25, -0.2) is 0 Å². The lowest BCUT2D eigenvalue weighted by molar-refractivity contribution is -0.137. The van der Waals surface area contributed by atoms with Gasteiger partial charge in [-0.15, -0.1) is 0 Å². The number of hydrogen-bond donors (Lipinski definition) is 0. The van der Waals surface area contributed by atoms with Crippen molar-refractivity contribution in [3.63, 3.8) is 0 Å². The highest BCUT2D eigenvalue weighted by molar-refractivity contribution is 5.80. The van der Waals surface area contributed by atoms with Gasteiger partial charge in [0, 0.05) is 13.0 Å². The Morgan fingerprint density at radius 1 is 1.43 bits per heavy atom. The molecule has 14 heavy (non-hydrogen) atoms. The Kier molecular flexibility index (Phi) is 1.71. The SMILES string of the molecule is CN1COCC2C3C=CC(C3)C2C1=O. The fraction of sp³-hybridized carbons (Fsp3) is 0.727. The monoisotopic (exact) mass is 193 g/mol. The molecule has 1 saturated carbocycles. The average Bonchev–Trinajstić information content (AvgIpc) is 2.72. The lowest BCUT2D eigenvalue weighted by Gasteiger charge is -2.25. The summed E-state index contributed by atoms with van der Waals surface area (Å²) in [4.78, 5) is 13.8. The molecule has 2 fully saturated rings. The summed E-state index contributed by atoms with van der Waals surface area (Å²) in [5, 5.41) is 0. The van der Waals surface area contributed by atoms with Gasteiger partial charge >= 0.3 is 0 Å². The summed E-state index contributed by atoms with van der Waals surface area (Å²) in [6.45, 7) is 1.22. The highest BCUT2D eigenvalue weighted by atomic mass is 16.5. The Labute approximate surface area is 83.7 Å². The van der Waals surface area contributed by atoms with Crippen LogP contribution >= 0.6 is 0 Å². The van der Waals surface area contributed by atoms with Crippen molar-refractivity contribution in [3.8, 4) is 0 Å². The van der Waals surface area contributed by atoms with Gasteiger partial charge in [0.25, 0.3) is 0 Å². The molecule has 0 radical (unpaired) electrons. The second-order valence-electron chi connectivity index (χ2n) is 4.67. The van der Waals surface area contributed by atoms with Crippen molar-refractivity contribution in [1.82, 2.24) is 4.90 Å². The summed E-state index contributed by atoms with van der Waals surface area (Å²) in [5.41, 5.74) is 0. The van der Waals surface area contributed by atoms with Crippen LogP contribution in [0.3, 0.4) is 0 Å². The maximum Gasteiger partial charge on any atom is 0.228 e. The molecule has 0 aromatic rings. The van der Waals surface area contributed by atoms with Crippen LogP contribution in [-0.2, 0) is 9.53 Å². The van der Waals surface area contributed by atoms with Crippen molar-refractivity contribution in [3.05, 3.63) is 12.2 Å². The van der Waals surface area contributed by atoms with Gasteiger partial charge in [-0.3, -0.25) is 4.79 Å². The molecule has 4 atom stereocenters. The minimum Gasteiger partial charge on any atom is -0.361 e. The third-order valence-corrected chi connectivity index (χ3v) is 3.88. The number of nitrogens with zero attached hydrogens (tertiary/aromatic N) is 1. The molecule has 3 nitrogen and oxygen atoms in total. The Balaban J connectivity index is 1.94. The first kappa shape index (κ1) is 8.48. The molecule has 0 spiro atoms. The fourth-order valence-electron chi connectivity index (χ4n) is 3.16. The Bertz CT molecular complexity index is 300. The van der Waals surface area contributed by atoms with E-state index in [4.69, 9.17) is 4.74 Å². The second kappa shape index (κ2) is 2.83. The lowest BCUT2D eigenvalue weighted by Crippen LogP contribution is -2.36. The summed E-state index contributed by atoms with van der Waals surface area (Å²) < 4.78 is 5.51. The van der Waals surface area contributed by atoms with Crippen LogP contribution in [-0.4, -0.2) is 31.2 Å². The van der Waals surface area contributed by atoms with E-state index in [1.807, 2.05) is 7.05 Å². The molecular weight excluding hydrogens is 178 g/mol. The average molecular weight is 193 g/mol. The molecule has 1 saturated heterocycles. The number of hydrogen-bond acceptors (Lipinski definition) is 2. The van der Waals surface area contributed by atoms with Crippen molar-refractivity contribution < 1.29 is 9.53 Å². The molecule has 1 aliphatic heterocycles. The molecule has 1 heterocycles. The maximum absolute atomic E-state index is 12.0. The van der Waals surface area contributed by atoms with Crippen molar-refractivity contribution in [1.29, 1.82) is 0 Å². The molecule has 2 aliphatic carbocycles. The van der Waals surface area contributed by atoms with E-state index in [1.54, 1.807) is 4.90 Å². The topological polar surface area (TPSA) is 29.5 Å². The first-order valence-electron chi connectivity index (χ1n) is 5.28. The van der Waals surface area contributed by atoms with E-state index in [9.17, 15) is 4.79 Å².